The van der Waals surface area contributed by atoms with Crippen molar-refractivity contribution in [3.8, 4) is 0 Å². The summed E-state index contributed by atoms with van der Waals surface area (Å²) in [7, 11) is 0. The lowest BCUT2D eigenvalue weighted by Gasteiger charge is -2.41. The van der Waals surface area contributed by atoms with E-state index in [4.69, 9.17) is 9.47 Å². The minimum Gasteiger partial charge on any atom is -0.390 e. The minimum absolute atomic E-state index is 0.00815. The fourth-order valence-corrected chi connectivity index (χ4v) is 4.60. The van der Waals surface area contributed by atoms with E-state index in [2.05, 4.69) is 4.90 Å². The van der Waals surface area contributed by atoms with Gasteiger partial charge in [0.2, 0.25) is 0 Å². The van der Waals surface area contributed by atoms with Gasteiger partial charge in [-0.1, -0.05) is 12.2 Å². The van der Waals surface area contributed by atoms with Crippen molar-refractivity contribution in [2.45, 2.75) is 75.6 Å². The zero-order valence-corrected chi connectivity index (χ0v) is 18.0. The summed E-state index contributed by atoms with van der Waals surface area (Å²) in [4.78, 5) is 2.16. The smallest absolute Gasteiger partial charge is 0.161 e. The normalized spacial score (nSPS) is 44.7. The molecule has 9 atom stereocenters. The topological polar surface area (TPSA) is 123 Å². The molecule has 1 fully saturated rings. The molecule has 8 unspecified atom stereocenters. The zero-order valence-electron chi connectivity index (χ0n) is 18.0. The van der Waals surface area contributed by atoms with Crippen LogP contribution < -0.4 is 0 Å². The molecular formula is C22H36FNO7. The molecule has 1 aliphatic carbocycles. The lowest BCUT2D eigenvalue weighted by Crippen LogP contribution is -2.45. The van der Waals surface area contributed by atoms with Gasteiger partial charge in [0.25, 0.3) is 0 Å². The number of morpholine rings is 1. The summed E-state index contributed by atoms with van der Waals surface area (Å²) >= 11 is 0. The number of aliphatic hydroxyl groups excluding tert-OH is 5. The van der Waals surface area contributed by atoms with E-state index in [9.17, 15) is 29.9 Å². The number of hydrogen-bond acceptors (Lipinski definition) is 8. The van der Waals surface area contributed by atoms with Crippen LogP contribution in [0.25, 0.3) is 0 Å². The number of allylic oxidation sites excluding steroid dienone is 2. The molecule has 2 aliphatic heterocycles. The third-order valence-electron chi connectivity index (χ3n) is 6.54. The summed E-state index contributed by atoms with van der Waals surface area (Å²) in [6.45, 7) is 4.37. The zero-order chi connectivity index (χ0) is 22.5. The highest BCUT2D eigenvalue weighted by atomic mass is 19.1. The summed E-state index contributed by atoms with van der Waals surface area (Å²) in [5.74, 6) is -0.897. The molecule has 0 spiro atoms. The molecule has 8 nitrogen and oxygen atoms in total. The lowest BCUT2D eigenvalue weighted by molar-refractivity contribution is -0.189. The second-order valence-corrected chi connectivity index (χ2v) is 8.84. The van der Waals surface area contributed by atoms with Crippen LogP contribution in [-0.4, -0.2) is 99.7 Å². The highest BCUT2D eigenvalue weighted by Gasteiger charge is 2.39. The molecule has 5 N–H and O–H groups in total. The van der Waals surface area contributed by atoms with Gasteiger partial charge in [-0.2, -0.15) is 0 Å². The van der Waals surface area contributed by atoms with Crippen molar-refractivity contribution in [3.63, 3.8) is 0 Å². The number of fused-ring (bicyclic) bond motifs is 1. The first-order valence-electron chi connectivity index (χ1n) is 11.2. The molecule has 31 heavy (non-hydrogen) atoms. The average Bonchev–Trinajstić information content (AvgIpc) is 2.75. The van der Waals surface area contributed by atoms with Gasteiger partial charge in [-0.25, -0.2) is 4.39 Å². The maximum absolute atomic E-state index is 14.3. The quantitative estimate of drug-likeness (QED) is 0.360. The molecule has 0 amide bonds. The number of alkyl halides is 1. The number of aliphatic hydroxyl groups is 5. The molecule has 0 radical (unpaired) electrons. The summed E-state index contributed by atoms with van der Waals surface area (Å²) in [6, 6.07) is 0. The fraction of sp³-hybridized carbons (Fsp3) is 0.818. The lowest BCUT2D eigenvalue weighted by atomic mass is 9.78. The number of nitrogens with zero attached hydrogens (tertiary/aromatic N) is 1. The second kappa shape index (κ2) is 11.2. The number of halogens is 1. The van der Waals surface area contributed by atoms with Gasteiger partial charge >= 0.3 is 0 Å². The average molecular weight is 446 g/mol. The van der Waals surface area contributed by atoms with Crippen molar-refractivity contribution in [1.82, 2.24) is 4.90 Å². The Labute approximate surface area is 182 Å². The van der Waals surface area contributed by atoms with Gasteiger partial charge in [-0.3, -0.25) is 0 Å². The number of hydrogen-bond donors (Lipinski definition) is 5. The van der Waals surface area contributed by atoms with E-state index in [0.717, 1.165) is 18.8 Å². The van der Waals surface area contributed by atoms with Gasteiger partial charge in [-0.15, -0.1) is 0 Å². The first kappa shape index (κ1) is 24.6. The molecule has 3 aliphatic rings. The predicted octanol–water partition coefficient (Wildman–Crippen LogP) is 0.0839. The highest BCUT2D eigenvalue weighted by Crippen LogP contribution is 2.36. The molecule has 178 valence electrons. The van der Waals surface area contributed by atoms with Crippen LogP contribution in [0, 0.1) is 11.8 Å². The van der Waals surface area contributed by atoms with Gasteiger partial charge in [0.05, 0.1) is 31.5 Å². The van der Waals surface area contributed by atoms with Gasteiger partial charge < -0.3 is 39.9 Å². The molecule has 0 saturated carbocycles. The van der Waals surface area contributed by atoms with Crippen LogP contribution in [-0.2, 0) is 9.47 Å². The molecule has 2 heterocycles. The van der Waals surface area contributed by atoms with Crippen molar-refractivity contribution in [1.29, 1.82) is 0 Å². The summed E-state index contributed by atoms with van der Waals surface area (Å²) in [5, 5.41) is 51.9. The largest absolute Gasteiger partial charge is 0.390 e. The third kappa shape index (κ3) is 6.25. The molecule has 0 aromatic rings. The molecule has 0 aromatic carbocycles. The maximum Gasteiger partial charge on any atom is 0.161 e. The van der Waals surface area contributed by atoms with E-state index >= 15 is 0 Å². The second-order valence-electron chi connectivity index (χ2n) is 8.84. The van der Waals surface area contributed by atoms with E-state index < -0.39 is 48.9 Å². The Morgan fingerprint density at radius 3 is 2.45 bits per heavy atom. The fourth-order valence-electron chi connectivity index (χ4n) is 4.60. The maximum atomic E-state index is 14.3. The van der Waals surface area contributed by atoms with E-state index in [0.29, 0.717) is 19.6 Å². The van der Waals surface area contributed by atoms with E-state index in [-0.39, 0.29) is 25.2 Å². The van der Waals surface area contributed by atoms with Crippen molar-refractivity contribution >= 4 is 0 Å². The monoisotopic (exact) mass is 445 g/mol. The van der Waals surface area contributed by atoms with Crippen LogP contribution in [0.4, 0.5) is 4.39 Å². The van der Waals surface area contributed by atoms with Crippen LogP contribution in [0.15, 0.2) is 23.9 Å². The Hall–Kier alpha value is -1.07. The minimum atomic E-state index is -1.73. The summed E-state index contributed by atoms with van der Waals surface area (Å²) in [6.07, 6.45) is -3.21. The van der Waals surface area contributed by atoms with Crippen molar-refractivity contribution in [2.24, 2.45) is 11.8 Å². The third-order valence-corrected chi connectivity index (χ3v) is 6.54. The van der Waals surface area contributed by atoms with Gasteiger partial charge in [0.15, 0.2) is 6.29 Å². The Bertz CT molecular complexity index is 627. The van der Waals surface area contributed by atoms with Crippen molar-refractivity contribution in [3.05, 3.63) is 23.9 Å². The molecule has 0 aromatic heterocycles. The first-order chi connectivity index (χ1) is 14.8. The number of rotatable bonds is 1. The molecular weight excluding hydrogens is 409 g/mol. The molecule has 9 heteroatoms. The summed E-state index contributed by atoms with van der Waals surface area (Å²) in [5.41, 5.74) is 0.972. The van der Waals surface area contributed by atoms with Gasteiger partial charge in [0.1, 0.15) is 18.4 Å². The van der Waals surface area contributed by atoms with Crippen LogP contribution in [0.5, 0.6) is 0 Å². The van der Waals surface area contributed by atoms with Crippen LogP contribution in [0.1, 0.15) is 32.6 Å². The first-order valence-corrected chi connectivity index (χ1v) is 11.2. The number of ether oxygens (including phenoxy) is 2. The van der Waals surface area contributed by atoms with E-state index in [1.165, 1.54) is 0 Å². The van der Waals surface area contributed by atoms with Crippen LogP contribution in [0.3, 0.4) is 0 Å². The van der Waals surface area contributed by atoms with Gasteiger partial charge in [-0.05, 0) is 44.6 Å². The predicted molar refractivity (Wildman–Crippen MR) is 111 cm³/mol. The summed E-state index contributed by atoms with van der Waals surface area (Å²) < 4.78 is 25.4. The van der Waals surface area contributed by atoms with E-state index in [1.54, 1.807) is 25.2 Å². The van der Waals surface area contributed by atoms with Crippen LogP contribution in [0.2, 0.25) is 0 Å². The highest BCUT2D eigenvalue weighted by molar-refractivity contribution is 5.16. The molecule has 1 saturated heterocycles. The molecule has 0 bridgehead atoms. The Morgan fingerprint density at radius 1 is 1.03 bits per heavy atom. The Kier molecular flexibility index (Phi) is 8.86. The van der Waals surface area contributed by atoms with Gasteiger partial charge in [0, 0.05) is 24.7 Å². The Balaban J connectivity index is 1.82. The van der Waals surface area contributed by atoms with Crippen molar-refractivity contribution in [2.75, 3.05) is 26.3 Å². The van der Waals surface area contributed by atoms with Crippen LogP contribution >= 0.6 is 0 Å². The van der Waals surface area contributed by atoms with Crippen molar-refractivity contribution < 1.29 is 39.4 Å². The SMILES string of the molecule is CC1CCC(F)C(O)C(O)C(O)C/C=C/C2CC(N3CCOCC3)=C[C@@H](O)C2C(O)O1. The Morgan fingerprint density at radius 2 is 1.74 bits per heavy atom. The van der Waals surface area contributed by atoms with E-state index in [1.807, 2.05) is 0 Å². The standard InChI is InChI=1S/C22H36FNO7/c1-13-5-6-16(23)20(27)21(28)17(25)4-2-3-14-11-15(24-7-9-30-10-8-24)12-18(26)19(14)22(29)31-13/h2-3,12-14,16-22,25-29H,4-11H2,1H3/b3-2+/t13?,14?,16?,17?,18-,19?,20?,21?,22?/m1/s1. The molecule has 3 rings (SSSR count).